The van der Waals surface area contributed by atoms with E-state index in [2.05, 4.69) is 43.4 Å². The van der Waals surface area contributed by atoms with Gasteiger partial charge < -0.3 is 10.1 Å². The van der Waals surface area contributed by atoms with Crippen LogP contribution in [-0.4, -0.2) is 19.3 Å². The summed E-state index contributed by atoms with van der Waals surface area (Å²) in [5.41, 5.74) is 1.31. The third-order valence-electron chi connectivity index (χ3n) is 2.55. The van der Waals surface area contributed by atoms with Crippen LogP contribution in [0.4, 0.5) is 0 Å². The highest BCUT2D eigenvalue weighted by Gasteiger charge is 2.09. The first kappa shape index (κ1) is 11.2. The van der Waals surface area contributed by atoms with Gasteiger partial charge >= 0.3 is 0 Å². The highest BCUT2D eigenvalue weighted by molar-refractivity contribution is 5.14. The van der Waals surface area contributed by atoms with Crippen LogP contribution in [0.5, 0.6) is 0 Å². The molecule has 0 bridgehead atoms. The SMILES string of the molecule is CO[C@@H](C)[C@@H](C)NCc1ccccc1. The first-order valence-electron chi connectivity index (χ1n) is 5.04. The Morgan fingerprint density at radius 2 is 1.86 bits per heavy atom. The summed E-state index contributed by atoms with van der Waals surface area (Å²) in [6.45, 7) is 5.11. The van der Waals surface area contributed by atoms with E-state index in [1.54, 1.807) is 7.11 Å². The Morgan fingerprint density at radius 1 is 1.21 bits per heavy atom. The van der Waals surface area contributed by atoms with Gasteiger partial charge in [-0.3, -0.25) is 0 Å². The molecule has 78 valence electrons. The van der Waals surface area contributed by atoms with Gasteiger partial charge in [-0.1, -0.05) is 30.3 Å². The highest BCUT2D eigenvalue weighted by Crippen LogP contribution is 2.01. The van der Waals surface area contributed by atoms with Gasteiger partial charge in [-0.15, -0.1) is 0 Å². The zero-order chi connectivity index (χ0) is 10.4. The third-order valence-corrected chi connectivity index (χ3v) is 2.55. The zero-order valence-electron chi connectivity index (χ0n) is 9.16. The molecule has 1 rings (SSSR count). The lowest BCUT2D eigenvalue weighted by atomic mass is 10.2. The van der Waals surface area contributed by atoms with E-state index in [1.807, 2.05) is 6.07 Å². The van der Waals surface area contributed by atoms with Crippen molar-refractivity contribution in [2.75, 3.05) is 7.11 Å². The molecule has 2 atom stereocenters. The predicted molar refractivity (Wildman–Crippen MR) is 59.2 cm³/mol. The Balaban J connectivity index is 2.34. The number of hydrogen-bond donors (Lipinski definition) is 1. The van der Waals surface area contributed by atoms with Crippen molar-refractivity contribution in [3.63, 3.8) is 0 Å². The van der Waals surface area contributed by atoms with Gasteiger partial charge in [0.1, 0.15) is 0 Å². The summed E-state index contributed by atoms with van der Waals surface area (Å²) in [5, 5.41) is 3.42. The standard InChI is InChI=1S/C12H19NO/c1-10(11(2)14-3)13-9-12-7-5-4-6-8-12/h4-8,10-11,13H,9H2,1-3H3/t10-,11+/m1/s1. The van der Waals surface area contributed by atoms with Crippen LogP contribution in [0.25, 0.3) is 0 Å². The summed E-state index contributed by atoms with van der Waals surface area (Å²) in [6.07, 6.45) is 0.249. The van der Waals surface area contributed by atoms with Crippen LogP contribution < -0.4 is 5.32 Å². The Morgan fingerprint density at radius 3 is 2.43 bits per heavy atom. The van der Waals surface area contributed by atoms with Gasteiger partial charge in [0.05, 0.1) is 6.10 Å². The topological polar surface area (TPSA) is 21.3 Å². The van der Waals surface area contributed by atoms with E-state index in [9.17, 15) is 0 Å². The molecule has 1 aromatic carbocycles. The lowest BCUT2D eigenvalue weighted by Gasteiger charge is -2.19. The van der Waals surface area contributed by atoms with Gasteiger partial charge in [-0.25, -0.2) is 0 Å². The molecule has 1 aromatic rings. The maximum absolute atomic E-state index is 5.24. The van der Waals surface area contributed by atoms with E-state index >= 15 is 0 Å². The fraction of sp³-hybridized carbons (Fsp3) is 0.500. The largest absolute Gasteiger partial charge is 0.380 e. The van der Waals surface area contributed by atoms with Crippen molar-refractivity contribution < 1.29 is 4.74 Å². The second-order valence-corrected chi connectivity index (χ2v) is 3.60. The molecule has 0 saturated heterocycles. The number of nitrogens with one attached hydrogen (secondary N) is 1. The summed E-state index contributed by atoms with van der Waals surface area (Å²) in [4.78, 5) is 0. The van der Waals surface area contributed by atoms with E-state index in [1.165, 1.54) is 5.56 Å². The maximum Gasteiger partial charge on any atom is 0.0693 e. The smallest absolute Gasteiger partial charge is 0.0693 e. The molecule has 0 aliphatic heterocycles. The molecule has 14 heavy (non-hydrogen) atoms. The summed E-state index contributed by atoms with van der Waals surface area (Å²) >= 11 is 0. The molecular weight excluding hydrogens is 174 g/mol. The quantitative estimate of drug-likeness (QED) is 0.774. The van der Waals surface area contributed by atoms with E-state index in [-0.39, 0.29) is 6.10 Å². The molecule has 0 saturated carbocycles. The minimum absolute atomic E-state index is 0.249. The third kappa shape index (κ3) is 3.48. The Hall–Kier alpha value is -0.860. The molecule has 2 heteroatoms. The molecule has 0 heterocycles. The van der Waals surface area contributed by atoms with Crippen molar-refractivity contribution in [2.45, 2.75) is 32.5 Å². The van der Waals surface area contributed by atoms with Gasteiger partial charge in [0, 0.05) is 19.7 Å². The lowest BCUT2D eigenvalue weighted by Crippen LogP contribution is -2.36. The molecule has 2 nitrogen and oxygen atoms in total. The molecule has 0 fully saturated rings. The van der Waals surface area contributed by atoms with E-state index in [0.717, 1.165) is 6.54 Å². The summed E-state index contributed by atoms with van der Waals surface area (Å²) < 4.78 is 5.24. The Kier molecular flexibility index (Phi) is 4.63. The molecule has 0 aliphatic carbocycles. The highest BCUT2D eigenvalue weighted by atomic mass is 16.5. The molecule has 0 spiro atoms. The van der Waals surface area contributed by atoms with E-state index in [0.29, 0.717) is 6.04 Å². The minimum atomic E-state index is 0.249. The van der Waals surface area contributed by atoms with Crippen molar-refractivity contribution >= 4 is 0 Å². The Bertz CT molecular complexity index is 248. The monoisotopic (exact) mass is 193 g/mol. The van der Waals surface area contributed by atoms with Crippen molar-refractivity contribution in [1.29, 1.82) is 0 Å². The molecule has 0 aromatic heterocycles. The summed E-state index contributed by atoms with van der Waals surface area (Å²) in [6, 6.07) is 10.8. The van der Waals surface area contributed by atoms with Crippen LogP contribution >= 0.6 is 0 Å². The second kappa shape index (κ2) is 5.78. The van der Waals surface area contributed by atoms with Crippen molar-refractivity contribution in [2.24, 2.45) is 0 Å². The number of ether oxygens (including phenoxy) is 1. The number of methoxy groups -OCH3 is 1. The van der Waals surface area contributed by atoms with E-state index < -0.39 is 0 Å². The average Bonchev–Trinajstić information content (AvgIpc) is 2.26. The van der Waals surface area contributed by atoms with Gasteiger partial charge in [-0.05, 0) is 19.4 Å². The second-order valence-electron chi connectivity index (χ2n) is 3.60. The molecular formula is C12H19NO. The van der Waals surface area contributed by atoms with Crippen LogP contribution in [0, 0.1) is 0 Å². The van der Waals surface area contributed by atoms with Crippen LogP contribution in [-0.2, 0) is 11.3 Å². The first-order valence-corrected chi connectivity index (χ1v) is 5.04. The molecule has 0 aliphatic rings. The summed E-state index contributed by atoms with van der Waals surface area (Å²) in [5.74, 6) is 0. The van der Waals surface area contributed by atoms with Gasteiger partial charge in [0.15, 0.2) is 0 Å². The van der Waals surface area contributed by atoms with Gasteiger partial charge in [0.25, 0.3) is 0 Å². The molecule has 0 radical (unpaired) electrons. The van der Waals surface area contributed by atoms with Crippen LogP contribution in [0.3, 0.4) is 0 Å². The number of hydrogen-bond acceptors (Lipinski definition) is 2. The van der Waals surface area contributed by atoms with Crippen molar-refractivity contribution in [3.8, 4) is 0 Å². The average molecular weight is 193 g/mol. The maximum atomic E-state index is 5.24. The van der Waals surface area contributed by atoms with Crippen LogP contribution in [0.15, 0.2) is 30.3 Å². The van der Waals surface area contributed by atoms with Gasteiger partial charge in [0.2, 0.25) is 0 Å². The van der Waals surface area contributed by atoms with Gasteiger partial charge in [-0.2, -0.15) is 0 Å². The van der Waals surface area contributed by atoms with E-state index in [4.69, 9.17) is 4.74 Å². The van der Waals surface area contributed by atoms with Crippen LogP contribution in [0.2, 0.25) is 0 Å². The summed E-state index contributed by atoms with van der Waals surface area (Å²) in [7, 11) is 1.74. The normalized spacial score (nSPS) is 15.1. The number of benzene rings is 1. The fourth-order valence-electron chi connectivity index (χ4n) is 1.24. The lowest BCUT2D eigenvalue weighted by molar-refractivity contribution is 0.0882. The predicted octanol–water partition coefficient (Wildman–Crippen LogP) is 2.20. The first-order chi connectivity index (χ1) is 6.74. The molecule has 0 unspecified atom stereocenters. The zero-order valence-corrected chi connectivity index (χ0v) is 9.16. The van der Waals surface area contributed by atoms with Crippen molar-refractivity contribution in [1.82, 2.24) is 5.32 Å². The van der Waals surface area contributed by atoms with Crippen LogP contribution in [0.1, 0.15) is 19.4 Å². The fourth-order valence-corrected chi connectivity index (χ4v) is 1.24. The molecule has 0 amide bonds. The minimum Gasteiger partial charge on any atom is -0.380 e. The van der Waals surface area contributed by atoms with Crippen molar-refractivity contribution in [3.05, 3.63) is 35.9 Å². The molecule has 1 N–H and O–H groups in total. The Labute approximate surface area is 86.3 Å². The number of rotatable bonds is 5.